The van der Waals surface area contributed by atoms with Gasteiger partial charge < -0.3 is 11.5 Å². The van der Waals surface area contributed by atoms with E-state index >= 15 is 0 Å². The third kappa shape index (κ3) is 2.01. The number of hydrogen-bond donors (Lipinski definition) is 2. The van der Waals surface area contributed by atoms with Crippen LogP contribution in [0.5, 0.6) is 0 Å². The first-order valence-electron chi connectivity index (χ1n) is 5.84. The third-order valence-electron chi connectivity index (χ3n) is 3.24. The Bertz CT molecular complexity index is 805. The molecule has 108 valence electrons. The summed E-state index contributed by atoms with van der Waals surface area (Å²) < 4.78 is 25.0. The predicted molar refractivity (Wildman–Crippen MR) is 75.8 cm³/mol. The molecule has 0 atom stereocenters. The standard InChI is InChI=1S/C12H16N4O3S/c1-12(2,10(13)17)16-7-5-4-6-8(20(3,18)19)9(7)15-11(16)14/h4-6H,1-3H3,(H2,13,17)(H2,14,15). The molecule has 1 heterocycles. The van der Waals surface area contributed by atoms with Gasteiger partial charge in [0, 0.05) is 6.26 Å². The van der Waals surface area contributed by atoms with Crippen molar-refractivity contribution in [3.63, 3.8) is 0 Å². The van der Waals surface area contributed by atoms with Gasteiger partial charge in [0.15, 0.2) is 9.84 Å². The molecule has 20 heavy (non-hydrogen) atoms. The van der Waals surface area contributed by atoms with Gasteiger partial charge in [0.2, 0.25) is 11.9 Å². The molecule has 2 aromatic rings. The lowest BCUT2D eigenvalue weighted by atomic mass is 10.0. The number of hydrogen-bond acceptors (Lipinski definition) is 5. The van der Waals surface area contributed by atoms with Crippen LogP contribution in [0, 0.1) is 0 Å². The zero-order chi connectivity index (χ0) is 15.3. The van der Waals surface area contributed by atoms with Gasteiger partial charge in [0.1, 0.15) is 11.1 Å². The van der Waals surface area contributed by atoms with E-state index in [4.69, 9.17) is 11.5 Å². The highest BCUT2D eigenvalue weighted by Crippen LogP contribution is 2.30. The predicted octanol–water partition coefficient (Wildman–Crippen LogP) is 0.242. The fourth-order valence-corrected chi connectivity index (χ4v) is 2.92. The summed E-state index contributed by atoms with van der Waals surface area (Å²) in [4.78, 5) is 15.7. The van der Waals surface area contributed by atoms with Crippen LogP contribution in [0.4, 0.5) is 5.95 Å². The van der Waals surface area contributed by atoms with E-state index in [-0.39, 0.29) is 16.4 Å². The van der Waals surface area contributed by atoms with Crippen LogP contribution >= 0.6 is 0 Å². The second kappa shape index (κ2) is 4.20. The number of aromatic nitrogens is 2. The molecule has 2 rings (SSSR count). The van der Waals surface area contributed by atoms with E-state index in [9.17, 15) is 13.2 Å². The summed E-state index contributed by atoms with van der Waals surface area (Å²) in [5.41, 5.74) is 10.8. The van der Waals surface area contributed by atoms with Crippen molar-refractivity contribution in [2.75, 3.05) is 12.0 Å². The minimum Gasteiger partial charge on any atom is -0.369 e. The molecule has 7 nitrogen and oxygen atoms in total. The second-order valence-corrected chi connectivity index (χ2v) is 7.11. The summed E-state index contributed by atoms with van der Waals surface area (Å²) in [6.45, 7) is 3.19. The van der Waals surface area contributed by atoms with Crippen LogP contribution in [-0.4, -0.2) is 30.1 Å². The smallest absolute Gasteiger partial charge is 0.243 e. The van der Waals surface area contributed by atoms with Gasteiger partial charge in [-0.2, -0.15) is 0 Å². The summed E-state index contributed by atoms with van der Waals surface area (Å²) >= 11 is 0. The maximum atomic E-state index is 11.8. The molecule has 0 unspecified atom stereocenters. The molecule has 0 saturated heterocycles. The summed E-state index contributed by atoms with van der Waals surface area (Å²) in [6, 6.07) is 4.68. The number of carbonyl (C=O) groups excluding carboxylic acids is 1. The number of amides is 1. The number of imidazole rings is 1. The summed E-state index contributed by atoms with van der Waals surface area (Å²) in [5.74, 6) is -0.548. The maximum Gasteiger partial charge on any atom is 0.243 e. The zero-order valence-electron chi connectivity index (χ0n) is 11.4. The van der Waals surface area contributed by atoms with Crippen molar-refractivity contribution in [2.45, 2.75) is 24.3 Å². The Kier molecular flexibility index (Phi) is 3.01. The van der Waals surface area contributed by atoms with E-state index in [0.717, 1.165) is 6.26 Å². The molecule has 0 aliphatic rings. The number of nitrogen functional groups attached to an aromatic ring is 1. The largest absolute Gasteiger partial charge is 0.369 e. The van der Waals surface area contributed by atoms with E-state index in [1.165, 1.54) is 10.6 Å². The molecule has 0 spiro atoms. The first-order chi connectivity index (χ1) is 9.06. The summed E-state index contributed by atoms with van der Waals surface area (Å²) in [6.07, 6.45) is 1.09. The fraction of sp³-hybridized carbons (Fsp3) is 0.333. The van der Waals surface area contributed by atoms with Gasteiger partial charge in [-0.15, -0.1) is 0 Å². The van der Waals surface area contributed by atoms with Crippen molar-refractivity contribution in [1.82, 2.24) is 9.55 Å². The van der Waals surface area contributed by atoms with Crippen LogP contribution in [0.1, 0.15) is 13.8 Å². The Morgan fingerprint density at radius 2 is 1.95 bits per heavy atom. The Morgan fingerprint density at radius 3 is 2.45 bits per heavy atom. The number of para-hydroxylation sites is 1. The highest BCUT2D eigenvalue weighted by molar-refractivity contribution is 7.91. The SMILES string of the molecule is CC(C)(C(N)=O)n1c(N)nc2c(S(C)(=O)=O)cccc21. The van der Waals surface area contributed by atoms with Gasteiger partial charge in [-0.25, -0.2) is 13.4 Å². The Balaban J connectivity index is 2.91. The molecule has 0 saturated carbocycles. The van der Waals surface area contributed by atoms with E-state index in [1.807, 2.05) is 0 Å². The van der Waals surface area contributed by atoms with Gasteiger partial charge in [-0.05, 0) is 26.0 Å². The molecule has 1 amide bonds. The third-order valence-corrected chi connectivity index (χ3v) is 4.36. The molecule has 0 fully saturated rings. The number of fused-ring (bicyclic) bond motifs is 1. The lowest BCUT2D eigenvalue weighted by Crippen LogP contribution is -2.41. The normalized spacial score (nSPS) is 12.8. The van der Waals surface area contributed by atoms with Crippen LogP contribution in [0.3, 0.4) is 0 Å². The van der Waals surface area contributed by atoms with Gasteiger partial charge in [-0.1, -0.05) is 6.07 Å². The van der Waals surface area contributed by atoms with E-state index in [1.54, 1.807) is 26.0 Å². The molecular weight excluding hydrogens is 280 g/mol. The molecule has 1 aromatic heterocycles. The lowest BCUT2D eigenvalue weighted by Gasteiger charge is -2.24. The van der Waals surface area contributed by atoms with Crippen LogP contribution < -0.4 is 11.5 Å². The monoisotopic (exact) mass is 296 g/mol. The summed E-state index contributed by atoms with van der Waals surface area (Å²) in [5, 5.41) is 0. The molecule has 0 aliphatic carbocycles. The lowest BCUT2D eigenvalue weighted by molar-refractivity contribution is -0.124. The van der Waals surface area contributed by atoms with Crippen LogP contribution in [0.15, 0.2) is 23.1 Å². The minimum atomic E-state index is -3.45. The van der Waals surface area contributed by atoms with Gasteiger partial charge in [0.05, 0.1) is 10.4 Å². The number of nitrogens with two attached hydrogens (primary N) is 2. The molecule has 1 aromatic carbocycles. The topological polar surface area (TPSA) is 121 Å². The van der Waals surface area contributed by atoms with Crippen LogP contribution in [0.25, 0.3) is 11.0 Å². The first kappa shape index (κ1) is 14.3. The maximum absolute atomic E-state index is 11.8. The Hall–Kier alpha value is -2.09. The summed E-state index contributed by atoms with van der Waals surface area (Å²) in [7, 11) is -3.45. The molecule has 4 N–H and O–H groups in total. The van der Waals surface area contributed by atoms with Gasteiger partial charge in [0.25, 0.3) is 0 Å². The first-order valence-corrected chi connectivity index (χ1v) is 7.73. The minimum absolute atomic E-state index is 0.0416. The Morgan fingerprint density at radius 1 is 1.35 bits per heavy atom. The van der Waals surface area contributed by atoms with Crippen molar-refractivity contribution >= 4 is 32.7 Å². The zero-order valence-corrected chi connectivity index (χ0v) is 12.2. The number of primary amides is 1. The van der Waals surface area contributed by atoms with Crippen molar-refractivity contribution in [3.05, 3.63) is 18.2 Å². The molecule has 0 radical (unpaired) electrons. The van der Waals surface area contributed by atoms with Crippen molar-refractivity contribution < 1.29 is 13.2 Å². The van der Waals surface area contributed by atoms with Crippen LogP contribution in [0.2, 0.25) is 0 Å². The number of benzene rings is 1. The molecule has 0 aliphatic heterocycles. The number of carbonyl (C=O) groups is 1. The van der Waals surface area contributed by atoms with E-state index < -0.39 is 21.3 Å². The molecule has 0 bridgehead atoms. The van der Waals surface area contributed by atoms with Gasteiger partial charge in [-0.3, -0.25) is 9.36 Å². The average molecular weight is 296 g/mol. The molecular formula is C12H16N4O3S. The van der Waals surface area contributed by atoms with Gasteiger partial charge >= 0.3 is 0 Å². The highest BCUT2D eigenvalue weighted by atomic mass is 32.2. The second-order valence-electron chi connectivity index (χ2n) is 5.12. The number of nitrogens with zero attached hydrogens (tertiary/aromatic N) is 2. The number of anilines is 1. The van der Waals surface area contributed by atoms with E-state index in [2.05, 4.69) is 4.98 Å². The fourth-order valence-electron chi connectivity index (χ4n) is 2.09. The number of rotatable bonds is 3. The van der Waals surface area contributed by atoms with Crippen molar-refractivity contribution in [3.8, 4) is 0 Å². The van der Waals surface area contributed by atoms with E-state index in [0.29, 0.717) is 5.52 Å². The molecule has 8 heteroatoms. The van der Waals surface area contributed by atoms with Crippen molar-refractivity contribution in [2.24, 2.45) is 5.73 Å². The van der Waals surface area contributed by atoms with Crippen LogP contribution in [-0.2, 0) is 20.2 Å². The van der Waals surface area contributed by atoms with Crippen molar-refractivity contribution in [1.29, 1.82) is 0 Å². The highest BCUT2D eigenvalue weighted by Gasteiger charge is 2.32. The number of sulfone groups is 1. The average Bonchev–Trinajstić information content (AvgIpc) is 2.63. The Labute approximate surface area is 116 Å². The quantitative estimate of drug-likeness (QED) is 0.840.